The summed E-state index contributed by atoms with van der Waals surface area (Å²) in [6.45, 7) is 7.75. The fourth-order valence-electron chi connectivity index (χ4n) is 6.70. The Labute approximate surface area is 262 Å². The molecule has 0 saturated carbocycles. The summed E-state index contributed by atoms with van der Waals surface area (Å²) in [5, 5.41) is 12.0. The van der Waals surface area contributed by atoms with Crippen molar-refractivity contribution in [1.82, 2.24) is 29.9 Å². The number of morpholine rings is 1. The van der Waals surface area contributed by atoms with Gasteiger partial charge in [0.15, 0.2) is 0 Å². The first-order chi connectivity index (χ1) is 22.0. The number of urea groups is 1. The molecule has 1 atom stereocenters. The zero-order valence-corrected chi connectivity index (χ0v) is 25.6. The molecule has 0 spiro atoms. The molecule has 2 fully saturated rings. The van der Waals surface area contributed by atoms with Gasteiger partial charge >= 0.3 is 12.1 Å². The number of para-hydroxylation sites is 1. The molecule has 45 heavy (non-hydrogen) atoms. The van der Waals surface area contributed by atoms with Crippen molar-refractivity contribution in [2.45, 2.75) is 51.4 Å². The Morgan fingerprint density at radius 3 is 2.67 bits per heavy atom. The van der Waals surface area contributed by atoms with Crippen LogP contribution in [0.4, 0.5) is 15.3 Å². The Hall–Kier alpha value is -4.48. The summed E-state index contributed by atoms with van der Waals surface area (Å²) in [5.74, 6) is 0. The van der Waals surface area contributed by atoms with Crippen molar-refractivity contribution in [3.8, 4) is 0 Å². The minimum absolute atomic E-state index is 0.0605. The number of aromatic nitrogens is 3. The number of amides is 3. The smallest absolute Gasteiger partial charge is 0.410 e. The van der Waals surface area contributed by atoms with Gasteiger partial charge in [0.1, 0.15) is 6.10 Å². The lowest BCUT2D eigenvalue weighted by atomic mass is 9.99. The summed E-state index contributed by atoms with van der Waals surface area (Å²) in [6.07, 6.45) is 2.71. The highest BCUT2D eigenvalue weighted by molar-refractivity contribution is 5.92. The van der Waals surface area contributed by atoms with Crippen LogP contribution in [0.3, 0.4) is 0 Å². The van der Waals surface area contributed by atoms with Crippen molar-refractivity contribution in [3.63, 3.8) is 0 Å². The van der Waals surface area contributed by atoms with Crippen molar-refractivity contribution in [3.05, 3.63) is 88.9 Å². The molecular weight excluding hydrogens is 570 g/mol. The predicted molar refractivity (Wildman–Crippen MR) is 170 cm³/mol. The molecule has 4 aromatic rings. The van der Waals surface area contributed by atoms with Gasteiger partial charge in [-0.25, -0.2) is 9.59 Å². The molecule has 0 bridgehead atoms. The zero-order valence-electron chi connectivity index (χ0n) is 25.6. The van der Waals surface area contributed by atoms with Crippen LogP contribution < -0.4 is 5.32 Å². The maximum atomic E-state index is 13.5. The Morgan fingerprint density at radius 1 is 1.07 bits per heavy atom. The third-order valence-electron chi connectivity index (χ3n) is 9.18. The fourth-order valence-corrected chi connectivity index (χ4v) is 6.70. The second kappa shape index (κ2) is 12.9. The molecule has 11 heteroatoms. The second-order valence-electron chi connectivity index (χ2n) is 12.2. The van der Waals surface area contributed by atoms with Gasteiger partial charge in [0.25, 0.3) is 0 Å². The molecule has 0 radical (unpaired) electrons. The monoisotopic (exact) mass is 609 g/mol. The minimum atomic E-state index is -0.549. The third kappa shape index (κ3) is 6.36. The number of nitrogens with zero attached hydrogens (tertiary/aromatic N) is 5. The van der Waals surface area contributed by atoms with Crippen LogP contribution in [0.15, 0.2) is 60.8 Å². The van der Waals surface area contributed by atoms with E-state index in [-0.39, 0.29) is 18.2 Å². The number of anilines is 1. The number of rotatable bonds is 7. The molecule has 3 aliphatic heterocycles. The maximum Gasteiger partial charge on any atom is 0.410 e. The number of ether oxygens (including phenoxy) is 2. The summed E-state index contributed by atoms with van der Waals surface area (Å²) >= 11 is 0. The van der Waals surface area contributed by atoms with E-state index in [2.05, 4.69) is 44.5 Å². The largest absolute Gasteiger partial charge is 0.439 e. The number of hydrogen-bond donors (Lipinski definition) is 2. The second-order valence-corrected chi connectivity index (χ2v) is 12.2. The van der Waals surface area contributed by atoms with E-state index < -0.39 is 6.10 Å². The average molecular weight is 610 g/mol. The average Bonchev–Trinajstić information content (AvgIpc) is 3.48. The van der Waals surface area contributed by atoms with E-state index in [1.54, 1.807) is 11.1 Å². The van der Waals surface area contributed by atoms with E-state index in [0.29, 0.717) is 44.6 Å². The number of aromatic amines is 1. The number of carbonyl (C=O) groups is 2. The number of benzene rings is 2. The van der Waals surface area contributed by atoms with Crippen molar-refractivity contribution < 1.29 is 19.1 Å². The quantitative estimate of drug-likeness (QED) is 0.302. The van der Waals surface area contributed by atoms with Gasteiger partial charge in [-0.15, -0.1) is 0 Å². The van der Waals surface area contributed by atoms with Crippen LogP contribution in [0.2, 0.25) is 0 Å². The molecular formula is C34H39N7O4. The number of carbonyl (C=O) groups excluding carboxylic acids is 2. The molecule has 5 heterocycles. The molecule has 3 amide bonds. The lowest BCUT2D eigenvalue weighted by Gasteiger charge is -2.40. The van der Waals surface area contributed by atoms with Gasteiger partial charge in [0.05, 0.1) is 30.1 Å². The SMILES string of the molecule is Cc1cc(CC(OC(=O)N2CCC(N3Cc4ccccc4NC3=O)CC2)c2ccccn2)cc2c(CN3CCOCC3)[nH]nc12. The van der Waals surface area contributed by atoms with Crippen LogP contribution in [-0.2, 0) is 29.0 Å². The maximum absolute atomic E-state index is 13.5. The van der Waals surface area contributed by atoms with Gasteiger partial charge in [-0.05, 0) is 60.7 Å². The summed E-state index contributed by atoms with van der Waals surface area (Å²) in [4.78, 5) is 37.0. The Balaban J connectivity index is 1.04. The molecule has 1 unspecified atom stereocenters. The lowest BCUT2D eigenvalue weighted by molar-refractivity contribution is 0.0338. The van der Waals surface area contributed by atoms with E-state index in [9.17, 15) is 9.59 Å². The molecule has 0 aliphatic carbocycles. The van der Waals surface area contributed by atoms with Gasteiger partial charge in [-0.3, -0.25) is 15.0 Å². The van der Waals surface area contributed by atoms with Crippen molar-refractivity contribution in [2.75, 3.05) is 44.7 Å². The van der Waals surface area contributed by atoms with Crippen LogP contribution >= 0.6 is 0 Å². The number of hydrogen-bond acceptors (Lipinski definition) is 7. The summed E-state index contributed by atoms with van der Waals surface area (Å²) in [5.41, 5.74) is 6.86. The fraction of sp³-hybridized carbons (Fsp3) is 0.412. The van der Waals surface area contributed by atoms with E-state index in [1.165, 1.54) is 0 Å². The third-order valence-corrected chi connectivity index (χ3v) is 9.18. The summed E-state index contributed by atoms with van der Waals surface area (Å²) < 4.78 is 11.7. The van der Waals surface area contributed by atoms with Gasteiger partial charge in [-0.1, -0.05) is 30.3 Å². The van der Waals surface area contributed by atoms with Gasteiger partial charge in [0.2, 0.25) is 0 Å². The highest BCUT2D eigenvalue weighted by Gasteiger charge is 2.34. The summed E-state index contributed by atoms with van der Waals surface area (Å²) in [7, 11) is 0. The first kappa shape index (κ1) is 29.2. The first-order valence-electron chi connectivity index (χ1n) is 15.8. The van der Waals surface area contributed by atoms with Crippen molar-refractivity contribution in [2.24, 2.45) is 0 Å². The van der Waals surface area contributed by atoms with Crippen molar-refractivity contribution >= 4 is 28.7 Å². The molecule has 3 aliphatic rings. The first-order valence-corrected chi connectivity index (χ1v) is 15.8. The van der Waals surface area contributed by atoms with Crippen LogP contribution in [0.1, 0.15) is 47.0 Å². The molecule has 234 valence electrons. The molecule has 7 rings (SSSR count). The Morgan fingerprint density at radius 2 is 1.87 bits per heavy atom. The minimum Gasteiger partial charge on any atom is -0.439 e. The van der Waals surface area contributed by atoms with E-state index >= 15 is 0 Å². The van der Waals surface area contributed by atoms with Crippen LogP contribution in [0, 0.1) is 6.92 Å². The van der Waals surface area contributed by atoms with Gasteiger partial charge < -0.3 is 24.6 Å². The Kier molecular flexibility index (Phi) is 8.36. The number of likely N-dealkylation sites (tertiary alicyclic amines) is 1. The highest BCUT2D eigenvalue weighted by atomic mass is 16.6. The molecule has 2 aromatic heterocycles. The van der Waals surface area contributed by atoms with Gasteiger partial charge in [-0.2, -0.15) is 5.10 Å². The van der Waals surface area contributed by atoms with E-state index in [4.69, 9.17) is 9.47 Å². The van der Waals surface area contributed by atoms with Crippen molar-refractivity contribution in [1.29, 1.82) is 0 Å². The van der Waals surface area contributed by atoms with E-state index in [1.807, 2.05) is 47.4 Å². The van der Waals surface area contributed by atoms with Crippen LogP contribution in [0.25, 0.3) is 10.9 Å². The van der Waals surface area contributed by atoms with Gasteiger partial charge in [0, 0.05) is 69.0 Å². The number of piperidine rings is 1. The number of H-pyrrole nitrogens is 1. The zero-order chi connectivity index (χ0) is 30.8. The lowest BCUT2D eigenvalue weighted by Crippen LogP contribution is -2.51. The standard InChI is InChI=1S/C34H39N7O4/c1-23-18-24(19-27-30(37-38-32(23)27)22-39-14-16-44-17-15-39)20-31(29-8-4-5-11-35-29)45-34(43)40-12-9-26(10-13-40)41-21-25-6-2-3-7-28(25)36-33(41)42/h2-8,11,18-19,26,31H,9-10,12-17,20-22H2,1H3,(H,36,42)(H,37,38). The van der Waals surface area contributed by atoms with Crippen LogP contribution in [0.5, 0.6) is 0 Å². The topological polar surface area (TPSA) is 116 Å². The Bertz CT molecular complexity index is 1660. The molecule has 2 aromatic carbocycles. The predicted octanol–water partition coefficient (Wildman–Crippen LogP) is 5.03. The number of aryl methyl sites for hydroxylation is 1. The molecule has 2 N–H and O–H groups in total. The van der Waals surface area contributed by atoms with E-state index in [0.717, 1.165) is 71.8 Å². The number of fused-ring (bicyclic) bond motifs is 2. The molecule has 2 saturated heterocycles. The highest BCUT2D eigenvalue weighted by Crippen LogP contribution is 2.30. The normalized spacial score (nSPS) is 18.5. The number of pyridine rings is 1. The number of nitrogens with one attached hydrogen (secondary N) is 2. The summed E-state index contributed by atoms with van der Waals surface area (Å²) in [6, 6.07) is 17.9. The van der Waals surface area contributed by atoms with Crippen LogP contribution in [-0.4, -0.2) is 87.4 Å². The molecule has 11 nitrogen and oxygen atoms in total.